The summed E-state index contributed by atoms with van der Waals surface area (Å²) in [5.74, 6) is 0. The van der Waals surface area contributed by atoms with Gasteiger partial charge in [-0.15, -0.1) is 0 Å². The topological polar surface area (TPSA) is 87.0 Å². The Hall–Kier alpha value is -1.89. The first-order chi connectivity index (χ1) is 7.99. The van der Waals surface area contributed by atoms with Gasteiger partial charge in [0.15, 0.2) is 0 Å². The minimum absolute atomic E-state index is 0.0342. The molecule has 0 aliphatic rings. The number of hydrogen-bond donors (Lipinski definition) is 1. The molecule has 0 saturated carbocycles. The maximum absolute atomic E-state index is 10.8. The van der Waals surface area contributed by atoms with Crippen LogP contribution in [0.3, 0.4) is 0 Å². The number of rotatable bonds is 2. The number of nitro benzene ring substituents is 1. The lowest BCUT2D eigenvalue weighted by Crippen LogP contribution is -1.97. The largest absolute Gasteiger partial charge is 0.399 e. The van der Waals surface area contributed by atoms with Crippen LogP contribution in [0.15, 0.2) is 28.9 Å². The van der Waals surface area contributed by atoms with E-state index in [0.717, 1.165) is 10.2 Å². The van der Waals surface area contributed by atoms with E-state index in [0.29, 0.717) is 11.3 Å². The smallest absolute Gasteiger partial charge is 0.272 e. The molecule has 88 valence electrons. The van der Waals surface area contributed by atoms with Gasteiger partial charge in [0.05, 0.1) is 21.3 Å². The predicted molar refractivity (Wildman–Crippen MR) is 67.4 cm³/mol. The van der Waals surface area contributed by atoms with Crippen LogP contribution in [0.1, 0.15) is 0 Å². The van der Waals surface area contributed by atoms with E-state index in [2.05, 4.69) is 21.0 Å². The van der Waals surface area contributed by atoms with Gasteiger partial charge in [0.1, 0.15) is 0 Å². The van der Waals surface area contributed by atoms with Crippen molar-refractivity contribution in [2.75, 3.05) is 5.73 Å². The summed E-state index contributed by atoms with van der Waals surface area (Å²) in [5, 5.41) is 14.8. The van der Waals surface area contributed by atoms with Crippen LogP contribution in [0.5, 0.6) is 0 Å². The summed E-state index contributed by atoms with van der Waals surface area (Å²) in [6, 6.07) is 4.47. The van der Waals surface area contributed by atoms with Crippen molar-refractivity contribution in [3.05, 3.63) is 39.0 Å². The lowest BCUT2D eigenvalue weighted by atomic mass is 10.1. The van der Waals surface area contributed by atoms with Crippen molar-refractivity contribution in [3.8, 4) is 11.3 Å². The van der Waals surface area contributed by atoms with E-state index in [1.54, 1.807) is 24.0 Å². The highest BCUT2D eigenvalue weighted by atomic mass is 79.9. The Kier molecular flexibility index (Phi) is 2.84. The second-order valence-corrected chi connectivity index (χ2v) is 4.39. The Morgan fingerprint density at radius 2 is 2.18 bits per heavy atom. The Bertz CT molecular complexity index is 574. The number of nitrogens with zero attached hydrogens (tertiary/aromatic N) is 3. The maximum Gasteiger partial charge on any atom is 0.272 e. The fourth-order valence-corrected chi connectivity index (χ4v) is 2.19. The van der Waals surface area contributed by atoms with Crippen LogP contribution in [0.25, 0.3) is 11.3 Å². The molecule has 0 aliphatic carbocycles. The molecule has 1 aromatic heterocycles. The van der Waals surface area contributed by atoms with Gasteiger partial charge < -0.3 is 5.73 Å². The molecule has 0 amide bonds. The van der Waals surface area contributed by atoms with Crippen LogP contribution in [-0.4, -0.2) is 14.7 Å². The number of nitrogens with two attached hydrogens (primary N) is 1. The van der Waals surface area contributed by atoms with Gasteiger partial charge in [0, 0.05) is 30.4 Å². The molecule has 0 saturated heterocycles. The fourth-order valence-electron chi connectivity index (χ4n) is 1.61. The third-order valence-corrected chi connectivity index (χ3v) is 2.90. The molecular formula is C10H9BrN4O2. The number of benzene rings is 1. The number of nitrogen functional groups attached to an aromatic ring is 1. The van der Waals surface area contributed by atoms with Crippen LogP contribution < -0.4 is 5.73 Å². The van der Waals surface area contributed by atoms with Gasteiger partial charge in [0.2, 0.25) is 0 Å². The third-order valence-electron chi connectivity index (χ3n) is 2.32. The van der Waals surface area contributed by atoms with Crippen LogP contribution in [0, 0.1) is 10.1 Å². The monoisotopic (exact) mass is 296 g/mol. The van der Waals surface area contributed by atoms with Gasteiger partial charge in [-0.2, -0.15) is 5.10 Å². The molecule has 1 aromatic carbocycles. The first-order valence-corrected chi connectivity index (χ1v) is 5.51. The third kappa shape index (κ3) is 2.14. The quantitative estimate of drug-likeness (QED) is 0.523. The molecule has 2 aromatic rings. The second kappa shape index (κ2) is 4.17. The zero-order valence-corrected chi connectivity index (χ0v) is 10.5. The van der Waals surface area contributed by atoms with Gasteiger partial charge >= 0.3 is 0 Å². The Morgan fingerprint density at radius 1 is 1.47 bits per heavy atom. The van der Waals surface area contributed by atoms with Crippen LogP contribution in [0.2, 0.25) is 0 Å². The van der Waals surface area contributed by atoms with Gasteiger partial charge in [-0.25, -0.2) is 0 Å². The van der Waals surface area contributed by atoms with Crippen LogP contribution in [-0.2, 0) is 7.05 Å². The van der Waals surface area contributed by atoms with E-state index in [4.69, 9.17) is 5.73 Å². The van der Waals surface area contributed by atoms with E-state index in [9.17, 15) is 10.1 Å². The van der Waals surface area contributed by atoms with E-state index in [1.165, 1.54) is 12.1 Å². The number of aryl methyl sites for hydroxylation is 1. The Morgan fingerprint density at radius 3 is 2.71 bits per heavy atom. The van der Waals surface area contributed by atoms with E-state index in [-0.39, 0.29) is 5.69 Å². The molecule has 0 atom stereocenters. The number of halogens is 1. The standard InChI is InChI=1S/C10H9BrN4O2/c1-14-10(9(11)5-13-14)6-2-7(12)4-8(3-6)15(16)17/h2-5H,12H2,1H3. The molecule has 17 heavy (non-hydrogen) atoms. The highest BCUT2D eigenvalue weighted by molar-refractivity contribution is 9.10. The van der Waals surface area contributed by atoms with E-state index in [1.807, 2.05) is 0 Å². The summed E-state index contributed by atoms with van der Waals surface area (Å²) in [5.41, 5.74) is 7.38. The van der Waals surface area contributed by atoms with Crippen molar-refractivity contribution in [1.82, 2.24) is 9.78 Å². The molecule has 0 fully saturated rings. The summed E-state index contributed by atoms with van der Waals surface area (Å²) in [4.78, 5) is 10.3. The summed E-state index contributed by atoms with van der Waals surface area (Å²) < 4.78 is 2.39. The van der Waals surface area contributed by atoms with Crippen molar-refractivity contribution in [2.24, 2.45) is 7.05 Å². The predicted octanol–water partition coefficient (Wildman–Crippen LogP) is 2.34. The molecule has 0 spiro atoms. The lowest BCUT2D eigenvalue weighted by molar-refractivity contribution is -0.384. The van der Waals surface area contributed by atoms with E-state index < -0.39 is 4.92 Å². The molecule has 0 radical (unpaired) electrons. The van der Waals surface area contributed by atoms with Gasteiger partial charge in [-0.3, -0.25) is 14.8 Å². The highest BCUT2D eigenvalue weighted by Crippen LogP contribution is 2.31. The first-order valence-electron chi connectivity index (χ1n) is 4.72. The van der Waals surface area contributed by atoms with Crippen molar-refractivity contribution in [3.63, 3.8) is 0 Å². The van der Waals surface area contributed by atoms with Gasteiger partial charge in [0.25, 0.3) is 5.69 Å². The molecular weight excluding hydrogens is 288 g/mol. The molecule has 2 N–H and O–H groups in total. The second-order valence-electron chi connectivity index (χ2n) is 3.54. The van der Waals surface area contributed by atoms with Crippen molar-refractivity contribution in [1.29, 1.82) is 0 Å². The summed E-state index contributed by atoms with van der Waals surface area (Å²) in [6.45, 7) is 0. The molecule has 1 heterocycles. The zero-order valence-electron chi connectivity index (χ0n) is 8.92. The van der Waals surface area contributed by atoms with Crippen molar-refractivity contribution < 1.29 is 4.92 Å². The molecule has 7 heteroatoms. The molecule has 6 nitrogen and oxygen atoms in total. The number of hydrogen-bond acceptors (Lipinski definition) is 4. The summed E-state index contributed by atoms with van der Waals surface area (Å²) in [6.07, 6.45) is 1.63. The van der Waals surface area contributed by atoms with Crippen LogP contribution in [0.4, 0.5) is 11.4 Å². The van der Waals surface area contributed by atoms with Crippen molar-refractivity contribution in [2.45, 2.75) is 0 Å². The molecule has 0 unspecified atom stereocenters. The number of non-ortho nitro benzene ring substituents is 1. The number of aromatic nitrogens is 2. The number of anilines is 1. The minimum atomic E-state index is -0.468. The fraction of sp³-hybridized carbons (Fsp3) is 0.100. The van der Waals surface area contributed by atoms with Crippen molar-refractivity contribution >= 4 is 27.3 Å². The molecule has 2 rings (SSSR count). The van der Waals surface area contributed by atoms with Crippen LogP contribution >= 0.6 is 15.9 Å². The Balaban J connectivity index is 2.64. The summed E-state index contributed by atoms with van der Waals surface area (Å²) in [7, 11) is 1.76. The molecule has 0 aliphatic heterocycles. The summed E-state index contributed by atoms with van der Waals surface area (Å²) >= 11 is 3.35. The SMILES string of the molecule is Cn1ncc(Br)c1-c1cc(N)cc([N+](=O)[O-])c1. The average molecular weight is 297 g/mol. The normalized spacial score (nSPS) is 10.5. The zero-order chi connectivity index (χ0) is 12.6. The highest BCUT2D eigenvalue weighted by Gasteiger charge is 2.14. The average Bonchev–Trinajstić information content (AvgIpc) is 2.57. The minimum Gasteiger partial charge on any atom is -0.399 e. The maximum atomic E-state index is 10.8. The van der Waals surface area contributed by atoms with Gasteiger partial charge in [-0.1, -0.05) is 0 Å². The lowest BCUT2D eigenvalue weighted by Gasteiger charge is -2.04. The van der Waals surface area contributed by atoms with E-state index >= 15 is 0 Å². The molecule has 0 bridgehead atoms. The Labute approximate surface area is 105 Å². The van der Waals surface area contributed by atoms with Gasteiger partial charge in [-0.05, 0) is 22.0 Å². The number of nitro groups is 1. The first kappa shape index (κ1) is 11.6.